The van der Waals surface area contributed by atoms with Crippen molar-refractivity contribution in [2.75, 3.05) is 6.61 Å². The number of halogens is 1. The Labute approximate surface area is 117 Å². The number of para-hydroxylation sites is 1. The van der Waals surface area contributed by atoms with Crippen LogP contribution in [0.4, 0.5) is 0 Å². The van der Waals surface area contributed by atoms with Crippen LogP contribution in [0.2, 0.25) is 0 Å². The van der Waals surface area contributed by atoms with Crippen molar-refractivity contribution in [1.82, 2.24) is 0 Å². The molecule has 2 heteroatoms. The molecule has 94 valence electrons. The molecule has 0 heterocycles. The van der Waals surface area contributed by atoms with Crippen molar-refractivity contribution in [3.05, 3.63) is 65.7 Å². The first-order valence-corrected chi connectivity index (χ1v) is 7.06. The van der Waals surface area contributed by atoms with Crippen LogP contribution in [0.1, 0.15) is 18.1 Å². The molecule has 0 aliphatic heterocycles. The molecule has 1 atom stereocenters. The lowest BCUT2D eigenvalue weighted by atomic mass is 10.0. The molecular formula is C16H17BrO. The van der Waals surface area contributed by atoms with Crippen LogP contribution in [-0.4, -0.2) is 11.4 Å². The van der Waals surface area contributed by atoms with Gasteiger partial charge in [-0.15, -0.1) is 0 Å². The normalized spacial score (nSPS) is 12.1. The molecule has 0 saturated heterocycles. The van der Waals surface area contributed by atoms with Gasteiger partial charge in [0.05, 0.1) is 0 Å². The van der Waals surface area contributed by atoms with Gasteiger partial charge >= 0.3 is 0 Å². The summed E-state index contributed by atoms with van der Waals surface area (Å²) in [5.74, 6) is 0.979. The Balaban J connectivity index is 2.12. The second-order valence-electron chi connectivity index (χ2n) is 4.36. The van der Waals surface area contributed by atoms with Crippen molar-refractivity contribution in [2.45, 2.75) is 18.2 Å². The van der Waals surface area contributed by atoms with Crippen molar-refractivity contribution >= 4 is 15.9 Å². The Morgan fingerprint density at radius 1 is 1.00 bits per heavy atom. The van der Waals surface area contributed by atoms with E-state index in [-0.39, 0.29) is 0 Å². The average Bonchev–Trinajstić information content (AvgIpc) is 2.39. The first-order valence-electron chi connectivity index (χ1n) is 6.14. The summed E-state index contributed by atoms with van der Waals surface area (Å²) in [6.45, 7) is 2.77. The van der Waals surface area contributed by atoms with E-state index in [1.54, 1.807) is 0 Å². The van der Waals surface area contributed by atoms with Crippen LogP contribution in [0.3, 0.4) is 0 Å². The van der Waals surface area contributed by atoms with Gasteiger partial charge in [0.1, 0.15) is 12.4 Å². The van der Waals surface area contributed by atoms with Crippen LogP contribution in [0.25, 0.3) is 0 Å². The highest BCUT2D eigenvalue weighted by Crippen LogP contribution is 2.22. The second-order valence-corrected chi connectivity index (χ2v) is 5.93. The van der Waals surface area contributed by atoms with Crippen molar-refractivity contribution in [1.29, 1.82) is 0 Å². The number of hydrogen-bond donors (Lipinski definition) is 0. The van der Waals surface area contributed by atoms with Gasteiger partial charge in [-0.2, -0.15) is 0 Å². The summed E-state index contributed by atoms with van der Waals surface area (Å²) in [6.07, 6.45) is 0.910. The van der Waals surface area contributed by atoms with Crippen molar-refractivity contribution in [3.63, 3.8) is 0 Å². The predicted molar refractivity (Wildman–Crippen MR) is 79.6 cm³/mol. The fraction of sp³-hybridized carbons (Fsp3) is 0.250. The summed E-state index contributed by atoms with van der Waals surface area (Å²) in [4.78, 5) is 0.363. The minimum absolute atomic E-state index is 0.363. The number of benzene rings is 2. The standard InChI is InChI=1S/C16H17BrO/c1-13(17)12-18-16-10-6-5-9-15(16)11-14-7-3-2-4-8-14/h2-10,13H,11-12H2,1H3. The van der Waals surface area contributed by atoms with Gasteiger partial charge in [-0.25, -0.2) is 0 Å². The van der Waals surface area contributed by atoms with Crippen LogP contribution < -0.4 is 4.74 Å². The minimum Gasteiger partial charge on any atom is -0.492 e. The molecule has 0 spiro atoms. The van der Waals surface area contributed by atoms with E-state index in [2.05, 4.69) is 59.3 Å². The SMILES string of the molecule is CC(Br)COc1ccccc1Cc1ccccc1. The molecule has 1 nitrogen and oxygen atoms in total. The smallest absolute Gasteiger partial charge is 0.122 e. The highest BCUT2D eigenvalue weighted by molar-refractivity contribution is 9.09. The molecular weight excluding hydrogens is 288 g/mol. The fourth-order valence-electron chi connectivity index (χ4n) is 1.81. The zero-order chi connectivity index (χ0) is 12.8. The van der Waals surface area contributed by atoms with Gasteiger partial charge in [-0.3, -0.25) is 0 Å². The number of hydrogen-bond acceptors (Lipinski definition) is 1. The third kappa shape index (κ3) is 3.88. The minimum atomic E-state index is 0.363. The van der Waals surface area contributed by atoms with Gasteiger partial charge in [0.15, 0.2) is 0 Å². The van der Waals surface area contributed by atoms with E-state index in [1.807, 2.05) is 18.2 Å². The quantitative estimate of drug-likeness (QED) is 0.742. The van der Waals surface area contributed by atoms with Gasteiger partial charge in [0, 0.05) is 11.2 Å². The van der Waals surface area contributed by atoms with Crippen LogP contribution in [0.15, 0.2) is 54.6 Å². The predicted octanol–water partition coefficient (Wildman–Crippen LogP) is 4.44. The van der Waals surface area contributed by atoms with Crippen LogP contribution in [-0.2, 0) is 6.42 Å². The summed E-state index contributed by atoms with van der Waals surface area (Å²) in [5.41, 5.74) is 2.54. The molecule has 0 aliphatic rings. The summed E-state index contributed by atoms with van der Waals surface area (Å²) >= 11 is 3.50. The summed E-state index contributed by atoms with van der Waals surface area (Å²) < 4.78 is 5.82. The largest absolute Gasteiger partial charge is 0.492 e. The Morgan fingerprint density at radius 2 is 1.67 bits per heavy atom. The number of alkyl halides is 1. The Kier molecular flexibility index (Phi) is 4.82. The number of ether oxygens (including phenoxy) is 1. The lowest BCUT2D eigenvalue weighted by molar-refractivity contribution is 0.321. The molecule has 0 aliphatic carbocycles. The molecule has 2 aromatic rings. The van der Waals surface area contributed by atoms with E-state index in [9.17, 15) is 0 Å². The topological polar surface area (TPSA) is 9.23 Å². The van der Waals surface area contributed by atoms with Gasteiger partial charge in [-0.05, 0) is 24.1 Å². The van der Waals surface area contributed by atoms with Crippen LogP contribution in [0, 0.1) is 0 Å². The molecule has 0 bridgehead atoms. The van der Waals surface area contributed by atoms with Gasteiger partial charge in [0.2, 0.25) is 0 Å². The van der Waals surface area contributed by atoms with Crippen LogP contribution >= 0.6 is 15.9 Å². The van der Waals surface area contributed by atoms with Crippen molar-refractivity contribution in [2.24, 2.45) is 0 Å². The summed E-state index contributed by atoms with van der Waals surface area (Å²) in [6, 6.07) is 18.7. The Hall–Kier alpha value is -1.28. The molecule has 0 fully saturated rings. The van der Waals surface area contributed by atoms with Crippen molar-refractivity contribution < 1.29 is 4.74 Å². The zero-order valence-electron chi connectivity index (χ0n) is 10.5. The Morgan fingerprint density at radius 3 is 2.39 bits per heavy atom. The molecule has 18 heavy (non-hydrogen) atoms. The number of rotatable bonds is 5. The van der Waals surface area contributed by atoms with Crippen LogP contribution in [0.5, 0.6) is 5.75 Å². The molecule has 0 amide bonds. The van der Waals surface area contributed by atoms with Gasteiger partial charge in [0.25, 0.3) is 0 Å². The summed E-state index contributed by atoms with van der Waals surface area (Å²) in [7, 11) is 0. The van der Waals surface area contributed by atoms with E-state index in [0.717, 1.165) is 12.2 Å². The zero-order valence-corrected chi connectivity index (χ0v) is 12.1. The lowest BCUT2D eigenvalue weighted by Crippen LogP contribution is -2.08. The molecule has 0 saturated carbocycles. The molecule has 2 rings (SSSR count). The highest BCUT2D eigenvalue weighted by atomic mass is 79.9. The maximum absolute atomic E-state index is 5.82. The van der Waals surface area contributed by atoms with E-state index in [0.29, 0.717) is 11.4 Å². The fourth-order valence-corrected chi connectivity index (χ4v) is 1.94. The van der Waals surface area contributed by atoms with Crippen molar-refractivity contribution in [3.8, 4) is 5.75 Å². The van der Waals surface area contributed by atoms with E-state index in [4.69, 9.17) is 4.74 Å². The van der Waals surface area contributed by atoms with Gasteiger partial charge in [-0.1, -0.05) is 64.5 Å². The first-order chi connectivity index (χ1) is 8.75. The molecule has 2 aromatic carbocycles. The molecule has 1 unspecified atom stereocenters. The molecule has 0 N–H and O–H groups in total. The second kappa shape index (κ2) is 6.60. The lowest BCUT2D eigenvalue weighted by Gasteiger charge is -2.12. The van der Waals surface area contributed by atoms with E-state index < -0.39 is 0 Å². The third-order valence-electron chi connectivity index (χ3n) is 2.68. The molecule has 0 aromatic heterocycles. The van der Waals surface area contributed by atoms with E-state index in [1.165, 1.54) is 11.1 Å². The maximum Gasteiger partial charge on any atom is 0.122 e. The van der Waals surface area contributed by atoms with E-state index >= 15 is 0 Å². The first kappa shape index (κ1) is 13.2. The third-order valence-corrected chi connectivity index (χ3v) is 2.94. The van der Waals surface area contributed by atoms with Gasteiger partial charge < -0.3 is 4.74 Å². The summed E-state index contributed by atoms with van der Waals surface area (Å²) in [5, 5.41) is 0. The maximum atomic E-state index is 5.82. The monoisotopic (exact) mass is 304 g/mol. The average molecular weight is 305 g/mol. The molecule has 0 radical (unpaired) electrons. The Bertz CT molecular complexity index is 479. The highest BCUT2D eigenvalue weighted by Gasteiger charge is 2.05.